The van der Waals surface area contributed by atoms with Gasteiger partial charge in [0.15, 0.2) is 6.61 Å². The minimum atomic E-state index is -0.684. The first kappa shape index (κ1) is 20.3. The molecule has 3 rings (SSSR count). The summed E-state index contributed by atoms with van der Waals surface area (Å²) in [7, 11) is 0. The summed E-state index contributed by atoms with van der Waals surface area (Å²) in [5.74, 6) is -1.41. The van der Waals surface area contributed by atoms with Gasteiger partial charge in [-0.3, -0.25) is 9.59 Å². The monoisotopic (exact) mass is 408 g/mol. The van der Waals surface area contributed by atoms with Crippen LogP contribution in [0.15, 0.2) is 66.0 Å². The largest absolute Gasteiger partial charge is 0.452 e. The molecule has 7 heteroatoms. The van der Waals surface area contributed by atoms with Crippen molar-refractivity contribution in [3.05, 3.63) is 87.6 Å². The number of hydrogen-bond donors (Lipinski definition) is 2. The van der Waals surface area contributed by atoms with Gasteiger partial charge in [0.2, 0.25) is 0 Å². The van der Waals surface area contributed by atoms with Gasteiger partial charge in [-0.1, -0.05) is 35.9 Å². The lowest BCUT2D eigenvalue weighted by Gasteiger charge is -2.11. The number of esters is 1. The average molecular weight is 408 g/mol. The molecule has 2 N–H and O–H groups in total. The molecule has 0 saturated heterocycles. The number of nitrogens with one attached hydrogen (secondary N) is 2. The third kappa shape index (κ3) is 5.76. The van der Waals surface area contributed by atoms with Crippen LogP contribution in [-0.2, 0) is 16.1 Å². The molecule has 3 aromatic rings. The van der Waals surface area contributed by atoms with Crippen molar-refractivity contribution in [2.45, 2.75) is 13.5 Å². The Balaban J connectivity index is 1.59. The fraction of sp³-hybridized carbons (Fsp3) is 0.136. The lowest BCUT2D eigenvalue weighted by molar-refractivity contribution is -0.124. The lowest BCUT2D eigenvalue weighted by atomic mass is 10.1. The highest BCUT2D eigenvalue weighted by Crippen LogP contribution is 2.18. The van der Waals surface area contributed by atoms with Crippen LogP contribution in [0.5, 0.6) is 0 Å². The van der Waals surface area contributed by atoms with E-state index in [1.54, 1.807) is 36.4 Å². The number of amides is 2. The predicted octanol–water partition coefficient (Wildman–Crippen LogP) is 3.78. The summed E-state index contributed by atoms with van der Waals surface area (Å²) in [5.41, 5.74) is 1.95. The van der Waals surface area contributed by atoms with Crippen molar-refractivity contribution in [3.63, 3.8) is 0 Å². The molecule has 0 radical (unpaired) electrons. The van der Waals surface area contributed by atoms with Crippen LogP contribution in [0.2, 0.25) is 0 Å². The Morgan fingerprint density at radius 1 is 1.00 bits per heavy atom. The Morgan fingerprint density at radius 2 is 1.83 bits per heavy atom. The average Bonchev–Trinajstić information content (AvgIpc) is 3.24. The first-order valence-corrected chi connectivity index (χ1v) is 9.84. The maximum absolute atomic E-state index is 12.5. The van der Waals surface area contributed by atoms with E-state index >= 15 is 0 Å². The number of aryl methyl sites for hydroxylation is 1. The minimum Gasteiger partial charge on any atom is -0.452 e. The van der Waals surface area contributed by atoms with Gasteiger partial charge >= 0.3 is 5.97 Å². The van der Waals surface area contributed by atoms with E-state index < -0.39 is 18.5 Å². The number of benzene rings is 2. The van der Waals surface area contributed by atoms with Crippen molar-refractivity contribution >= 4 is 34.8 Å². The Morgan fingerprint density at radius 3 is 2.59 bits per heavy atom. The third-order valence-electron chi connectivity index (χ3n) is 4.05. The van der Waals surface area contributed by atoms with E-state index in [2.05, 4.69) is 10.6 Å². The molecule has 0 saturated carbocycles. The summed E-state index contributed by atoms with van der Waals surface area (Å²) in [6.07, 6.45) is 0. The molecular weight excluding hydrogens is 388 g/mol. The number of carbonyl (C=O) groups is 3. The maximum atomic E-state index is 12.5. The second-order valence-corrected chi connectivity index (χ2v) is 7.33. The van der Waals surface area contributed by atoms with Crippen LogP contribution in [0.3, 0.4) is 0 Å². The van der Waals surface area contributed by atoms with Crippen LogP contribution in [0, 0.1) is 6.92 Å². The highest BCUT2D eigenvalue weighted by atomic mass is 32.1. The van der Waals surface area contributed by atoms with Crippen molar-refractivity contribution in [3.8, 4) is 0 Å². The molecular formula is C22H20N2O4S. The molecule has 0 bridgehead atoms. The van der Waals surface area contributed by atoms with Gasteiger partial charge in [0.25, 0.3) is 11.8 Å². The topological polar surface area (TPSA) is 84.5 Å². The highest BCUT2D eigenvalue weighted by molar-refractivity contribution is 7.09. The van der Waals surface area contributed by atoms with Crippen LogP contribution in [0.25, 0.3) is 0 Å². The van der Waals surface area contributed by atoms with Crippen molar-refractivity contribution in [1.29, 1.82) is 0 Å². The highest BCUT2D eigenvalue weighted by Gasteiger charge is 2.16. The molecule has 0 aliphatic carbocycles. The first-order valence-electron chi connectivity index (χ1n) is 8.96. The predicted molar refractivity (Wildman–Crippen MR) is 112 cm³/mol. The molecule has 0 spiro atoms. The molecule has 0 atom stereocenters. The molecule has 1 heterocycles. The normalized spacial score (nSPS) is 10.2. The van der Waals surface area contributed by atoms with Gasteiger partial charge in [0, 0.05) is 10.4 Å². The SMILES string of the molecule is Cc1cccc(C(=O)Nc2ccccc2C(=O)OCC(=O)NCc2cccs2)c1. The zero-order chi connectivity index (χ0) is 20.6. The van der Waals surface area contributed by atoms with Crippen molar-refractivity contribution in [2.24, 2.45) is 0 Å². The van der Waals surface area contributed by atoms with Gasteiger partial charge in [0.1, 0.15) is 0 Å². The number of thiophene rings is 1. The van der Waals surface area contributed by atoms with Gasteiger partial charge in [-0.2, -0.15) is 0 Å². The fourth-order valence-corrected chi connectivity index (χ4v) is 3.25. The Hall–Kier alpha value is -3.45. The minimum absolute atomic E-state index is 0.180. The molecule has 148 valence electrons. The first-order chi connectivity index (χ1) is 14.0. The van der Waals surface area contributed by atoms with Crippen LogP contribution in [-0.4, -0.2) is 24.4 Å². The zero-order valence-corrected chi connectivity index (χ0v) is 16.6. The number of anilines is 1. The summed E-state index contributed by atoms with van der Waals surface area (Å²) in [5, 5.41) is 7.34. The summed E-state index contributed by atoms with van der Waals surface area (Å²) in [6.45, 7) is 1.88. The van der Waals surface area contributed by atoms with Gasteiger partial charge in [-0.25, -0.2) is 4.79 Å². The molecule has 2 aromatic carbocycles. The Bertz CT molecular complexity index is 1020. The molecule has 0 aliphatic heterocycles. The summed E-state index contributed by atoms with van der Waals surface area (Å²) in [6, 6.07) is 17.5. The van der Waals surface area contributed by atoms with E-state index in [1.807, 2.05) is 30.5 Å². The second kappa shape index (κ2) is 9.66. The summed E-state index contributed by atoms with van der Waals surface area (Å²) < 4.78 is 5.11. The van der Waals surface area contributed by atoms with Crippen molar-refractivity contribution < 1.29 is 19.1 Å². The van der Waals surface area contributed by atoms with Gasteiger partial charge in [-0.15, -0.1) is 11.3 Å². The quantitative estimate of drug-likeness (QED) is 0.583. The molecule has 0 fully saturated rings. The third-order valence-corrected chi connectivity index (χ3v) is 4.93. The maximum Gasteiger partial charge on any atom is 0.340 e. The van der Waals surface area contributed by atoms with Crippen LogP contribution >= 0.6 is 11.3 Å². The number of para-hydroxylation sites is 1. The molecule has 1 aromatic heterocycles. The molecule has 0 unspecified atom stereocenters. The van der Waals surface area contributed by atoms with Gasteiger partial charge in [0.05, 0.1) is 17.8 Å². The molecule has 29 heavy (non-hydrogen) atoms. The van der Waals surface area contributed by atoms with Crippen molar-refractivity contribution in [1.82, 2.24) is 5.32 Å². The number of ether oxygens (including phenoxy) is 1. The smallest absolute Gasteiger partial charge is 0.340 e. The second-order valence-electron chi connectivity index (χ2n) is 6.30. The van der Waals surface area contributed by atoms with Crippen LogP contribution in [0.4, 0.5) is 5.69 Å². The summed E-state index contributed by atoms with van der Waals surface area (Å²) in [4.78, 5) is 37.8. The van der Waals surface area contributed by atoms with E-state index in [-0.39, 0.29) is 11.5 Å². The van der Waals surface area contributed by atoms with E-state index in [4.69, 9.17) is 4.74 Å². The number of hydrogen-bond acceptors (Lipinski definition) is 5. The van der Waals surface area contributed by atoms with E-state index in [9.17, 15) is 14.4 Å². The van der Waals surface area contributed by atoms with Crippen LogP contribution < -0.4 is 10.6 Å². The van der Waals surface area contributed by atoms with E-state index in [1.165, 1.54) is 17.4 Å². The van der Waals surface area contributed by atoms with E-state index in [0.717, 1.165) is 10.4 Å². The van der Waals surface area contributed by atoms with Gasteiger partial charge in [-0.05, 0) is 42.6 Å². The Kier molecular flexibility index (Phi) is 6.76. The zero-order valence-electron chi connectivity index (χ0n) is 15.8. The standard InChI is InChI=1S/C22H20N2O4S/c1-15-6-4-7-16(12-15)21(26)24-19-10-3-2-9-18(19)22(27)28-14-20(25)23-13-17-8-5-11-29-17/h2-12H,13-14H2,1H3,(H,23,25)(H,24,26). The van der Waals surface area contributed by atoms with Crippen molar-refractivity contribution in [2.75, 3.05) is 11.9 Å². The molecule has 6 nitrogen and oxygen atoms in total. The lowest BCUT2D eigenvalue weighted by Crippen LogP contribution is -2.28. The Labute approximate surface area is 172 Å². The number of carbonyl (C=O) groups excluding carboxylic acids is 3. The van der Waals surface area contributed by atoms with Crippen LogP contribution in [0.1, 0.15) is 31.2 Å². The van der Waals surface area contributed by atoms with E-state index in [0.29, 0.717) is 17.8 Å². The molecule has 2 amide bonds. The molecule has 0 aliphatic rings. The fourth-order valence-electron chi connectivity index (χ4n) is 2.61. The number of rotatable bonds is 7. The van der Waals surface area contributed by atoms with Gasteiger partial charge < -0.3 is 15.4 Å². The summed E-state index contributed by atoms with van der Waals surface area (Å²) >= 11 is 1.53.